The maximum absolute atomic E-state index is 11.5. The van der Waals surface area contributed by atoms with E-state index in [0.29, 0.717) is 6.42 Å². The molecule has 0 aliphatic heterocycles. The summed E-state index contributed by atoms with van der Waals surface area (Å²) < 4.78 is 0. The molecule has 0 spiro atoms. The Labute approximate surface area is 84.7 Å². The van der Waals surface area contributed by atoms with Crippen LogP contribution in [-0.2, 0) is 9.59 Å². The van der Waals surface area contributed by atoms with Gasteiger partial charge in [-0.2, -0.15) is 0 Å². The lowest BCUT2D eigenvalue weighted by molar-refractivity contribution is -0.121. The molecule has 2 nitrogen and oxygen atoms in total. The lowest BCUT2D eigenvalue weighted by atomic mass is 9.92. The first kappa shape index (κ1) is 10.9. The minimum atomic E-state index is -0.159. The van der Waals surface area contributed by atoms with Crippen LogP contribution in [0.15, 0.2) is 24.8 Å². The third-order valence-electron chi connectivity index (χ3n) is 2.92. The number of rotatable bonds is 4. The van der Waals surface area contributed by atoms with E-state index < -0.39 is 0 Å². The third kappa shape index (κ3) is 1.84. The summed E-state index contributed by atoms with van der Waals surface area (Å²) in [7, 11) is 0. The fourth-order valence-electron chi connectivity index (χ4n) is 2.03. The lowest BCUT2D eigenvalue weighted by Gasteiger charge is -2.11. The van der Waals surface area contributed by atoms with Gasteiger partial charge in [0.15, 0.2) is 5.78 Å². The fraction of sp³-hybridized carbons (Fsp3) is 0.500. The van der Waals surface area contributed by atoms with Gasteiger partial charge in [-0.05, 0) is 18.9 Å². The number of ketones is 2. The van der Waals surface area contributed by atoms with Crippen molar-refractivity contribution in [1.82, 2.24) is 0 Å². The number of hydrogen-bond donors (Lipinski definition) is 0. The molecule has 1 saturated carbocycles. The van der Waals surface area contributed by atoms with Crippen molar-refractivity contribution >= 4 is 11.6 Å². The molecule has 1 aliphatic carbocycles. The average molecular weight is 192 g/mol. The Morgan fingerprint density at radius 3 is 2.50 bits per heavy atom. The molecular formula is C12H16O2. The highest BCUT2D eigenvalue weighted by atomic mass is 16.1. The van der Waals surface area contributed by atoms with Crippen molar-refractivity contribution in [1.29, 1.82) is 0 Å². The van der Waals surface area contributed by atoms with Crippen LogP contribution in [0.25, 0.3) is 0 Å². The average Bonchev–Trinajstić information content (AvgIpc) is 2.58. The Hall–Kier alpha value is -1.18. The zero-order chi connectivity index (χ0) is 10.7. The van der Waals surface area contributed by atoms with E-state index in [1.54, 1.807) is 0 Å². The van der Waals surface area contributed by atoms with Gasteiger partial charge >= 0.3 is 0 Å². The molecule has 2 unspecified atom stereocenters. The SMILES string of the molecule is C=CC(=O)C1CCC(C(=O)CC)C1=C. The Morgan fingerprint density at radius 1 is 1.43 bits per heavy atom. The molecule has 1 rings (SSSR count). The summed E-state index contributed by atoms with van der Waals surface area (Å²) in [6.07, 6.45) is 3.38. The van der Waals surface area contributed by atoms with Crippen LogP contribution < -0.4 is 0 Å². The second-order valence-corrected chi connectivity index (χ2v) is 3.68. The third-order valence-corrected chi connectivity index (χ3v) is 2.92. The Bertz CT molecular complexity index is 289. The summed E-state index contributed by atoms with van der Waals surface area (Å²) in [4.78, 5) is 22.9. The maximum Gasteiger partial charge on any atom is 0.162 e. The van der Waals surface area contributed by atoms with Gasteiger partial charge < -0.3 is 0 Å². The summed E-state index contributed by atoms with van der Waals surface area (Å²) in [5.74, 6) is -0.0438. The molecule has 0 N–H and O–H groups in total. The van der Waals surface area contributed by atoms with Gasteiger partial charge in [0.1, 0.15) is 5.78 Å². The molecule has 0 heterocycles. The Kier molecular flexibility index (Phi) is 3.39. The summed E-state index contributed by atoms with van der Waals surface area (Å²) in [5, 5.41) is 0. The summed E-state index contributed by atoms with van der Waals surface area (Å²) >= 11 is 0. The quantitative estimate of drug-likeness (QED) is 0.506. The standard InChI is InChI=1S/C12H16O2/c1-4-11(13)9-6-7-10(8(9)3)12(14)5-2/h4,9-10H,1,3,5-7H2,2H3. The van der Waals surface area contributed by atoms with Gasteiger partial charge in [0.05, 0.1) is 0 Å². The molecule has 14 heavy (non-hydrogen) atoms. The number of Topliss-reactive ketones (excluding diaryl/α,β-unsaturated/α-hetero) is 1. The number of carbonyl (C=O) groups excluding carboxylic acids is 2. The lowest BCUT2D eigenvalue weighted by Crippen LogP contribution is -2.15. The highest BCUT2D eigenvalue weighted by Crippen LogP contribution is 2.37. The van der Waals surface area contributed by atoms with Crippen molar-refractivity contribution in [2.24, 2.45) is 11.8 Å². The second kappa shape index (κ2) is 4.36. The molecule has 76 valence electrons. The van der Waals surface area contributed by atoms with Gasteiger partial charge in [0, 0.05) is 18.3 Å². The molecular weight excluding hydrogens is 176 g/mol. The largest absolute Gasteiger partial charge is 0.299 e. The first-order valence-corrected chi connectivity index (χ1v) is 4.99. The van der Waals surface area contributed by atoms with Gasteiger partial charge in [-0.25, -0.2) is 0 Å². The van der Waals surface area contributed by atoms with E-state index in [9.17, 15) is 9.59 Å². The van der Waals surface area contributed by atoms with Gasteiger partial charge in [0.25, 0.3) is 0 Å². The van der Waals surface area contributed by atoms with Crippen LogP contribution in [0, 0.1) is 11.8 Å². The van der Waals surface area contributed by atoms with E-state index in [1.807, 2.05) is 6.92 Å². The van der Waals surface area contributed by atoms with E-state index in [2.05, 4.69) is 13.2 Å². The molecule has 0 amide bonds. The topological polar surface area (TPSA) is 34.1 Å². The van der Waals surface area contributed by atoms with E-state index in [1.165, 1.54) is 6.08 Å². The van der Waals surface area contributed by atoms with E-state index >= 15 is 0 Å². The highest BCUT2D eigenvalue weighted by Gasteiger charge is 2.35. The van der Waals surface area contributed by atoms with Gasteiger partial charge in [-0.15, -0.1) is 0 Å². The zero-order valence-electron chi connectivity index (χ0n) is 8.58. The molecule has 0 saturated heterocycles. The van der Waals surface area contributed by atoms with Crippen LogP contribution in [0.1, 0.15) is 26.2 Å². The van der Waals surface area contributed by atoms with Crippen molar-refractivity contribution < 1.29 is 9.59 Å². The molecule has 0 radical (unpaired) electrons. The van der Waals surface area contributed by atoms with Crippen LogP contribution >= 0.6 is 0 Å². The second-order valence-electron chi connectivity index (χ2n) is 3.68. The minimum absolute atomic E-state index is 0.00130. The Morgan fingerprint density at radius 2 is 2.00 bits per heavy atom. The molecule has 0 aromatic rings. The summed E-state index contributed by atoms with van der Waals surface area (Å²) in [6.45, 7) is 9.17. The van der Waals surface area contributed by atoms with Crippen LogP contribution in [0.3, 0.4) is 0 Å². The van der Waals surface area contributed by atoms with Gasteiger partial charge in [-0.3, -0.25) is 9.59 Å². The molecule has 2 heteroatoms. The molecule has 2 atom stereocenters. The molecule has 0 bridgehead atoms. The summed E-state index contributed by atoms with van der Waals surface area (Å²) in [5.41, 5.74) is 0.793. The van der Waals surface area contributed by atoms with Crippen molar-refractivity contribution in [3.63, 3.8) is 0 Å². The number of carbonyl (C=O) groups is 2. The van der Waals surface area contributed by atoms with E-state index in [0.717, 1.165) is 18.4 Å². The van der Waals surface area contributed by atoms with Crippen LogP contribution in [-0.4, -0.2) is 11.6 Å². The van der Waals surface area contributed by atoms with Gasteiger partial charge in [0.2, 0.25) is 0 Å². The predicted octanol–water partition coefficient (Wildman–Crippen LogP) is 2.30. The fourth-order valence-corrected chi connectivity index (χ4v) is 2.03. The smallest absolute Gasteiger partial charge is 0.162 e. The van der Waals surface area contributed by atoms with Gasteiger partial charge in [-0.1, -0.05) is 25.7 Å². The maximum atomic E-state index is 11.5. The van der Waals surface area contributed by atoms with Crippen molar-refractivity contribution in [2.45, 2.75) is 26.2 Å². The number of hydrogen-bond acceptors (Lipinski definition) is 2. The van der Waals surface area contributed by atoms with Crippen LogP contribution in [0.2, 0.25) is 0 Å². The van der Waals surface area contributed by atoms with E-state index in [4.69, 9.17) is 0 Å². The minimum Gasteiger partial charge on any atom is -0.299 e. The molecule has 0 aromatic heterocycles. The number of allylic oxidation sites excluding steroid dienone is 2. The monoisotopic (exact) mass is 192 g/mol. The zero-order valence-corrected chi connectivity index (χ0v) is 8.58. The Balaban J connectivity index is 2.74. The molecule has 1 fully saturated rings. The molecule has 0 aromatic carbocycles. The van der Waals surface area contributed by atoms with Crippen molar-refractivity contribution in [2.75, 3.05) is 0 Å². The summed E-state index contributed by atoms with van der Waals surface area (Å²) in [6, 6.07) is 0. The van der Waals surface area contributed by atoms with E-state index in [-0.39, 0.29) is 23.4 Å². The van der Waals surface area contributed by atoms with Crippen LogP contribution in [0.5, 0.6) is 0 Å². The normalized spacial score (nSPS) is 26.2. The first-order chi connectivity index (χ1) is 6.61. The van der Waals surface area contributed by atoms with Crippen LogP contribution in [0.4, 0.5) is 0 Å². The predicted molar refractivity (Wildman–Crippen MR) is 55.9 cm³/mol. The molecule has 1 aliphatic rings. The van der Waals surface area contributed by atoms with Crippen molar-refractivity contribution in [3.05, 3.63) is 24.8 Å². The van der Waals surface area contributed by atoms with Crippen molar-refractivity contribution in [3.8, 4) is 0 Å². The highest BCUT2D eigenvalue weighted by molar-refractivity contribution is 5.96. The first-order valence-electron chi connectivity index (χ1n) is 4.99.